The molecule has 3 heterocycles. The summed E-state index contributed by atoms with van der Waals surface area (Å²) in [5, 5.41) is 18.4. The molecule has 2 amide bonds. The van der Waals surface area contributed by atoms with Crippen LogP contribution < -0.4 is 5.32 Å². The average molecular weight is 404 g/mol. The number of nitrogens with zero attached hydrogens (tertiary/aromatic N) is 6. The molecule has 2 aromatic heterocycles. The topological polar surface area (TPSA) is 79.2 Å². The van der Waals surface area contributed by atoms with Crippen molar-refractivity contribution in [1.29, 1.82) is 0 Å². The second-order valence-electron chi connectivity index (χ2n) is 6.15. The molecule has 0 atom stereocenters. The Hall–Kier alpha value is -2.49. The molecular formula is C17H18ClN7OS. The minimum Gasteiger partial charge on any atom is -0.322 e. The molecule has 0 radical (unpaired) electrons. The van der Waals surface area contributed by atoms with E-state index in [-0.39, 0.29) is 6.03 Å². The van der Waals surface area contributed by atoms with Crippen LogP contribution in [0.1, 0.15) is 5.82 Å². The van der Waals surface area contributed by atoms with Gasteiger partial charge in [0.1, 0.15) is 0 Å². The van der Waals surface area contributed by atoms with Crippen molar-refractivity contribution >= 4 is 34.0 Å². The lowest BCUT2D eigenvalue weighted by atomic mass is 10.3. The number of carbonyl (C=O) groups is 1. The van der Waals surface area contributed by atoms with Gasteiger partial charge in [-0.1, -0.05) is 11.6 Å². The van der Waals surface area contributed by atoms with Gasteiger partial charge in [0.15, 0.2) is 5.82 Å². The van der Waals surface area contributed by atoms with Crippen LogP contribution in [0, 0.1) is 0 Å². The number of urea groups is 1. The maximum atomic E-state index is 12.3. The SMILES string of the molecule is O=C(Nc1cccs1)N1CCN(Cc2nnnn2-c2ccc(Cl)cc2)CC1. The average Bonchev–Trinajstić information content (AvgIpc) is 3.35. The van der Waals surface area contributed by atoms with Crippen LogP contribution in [0.15, 0.2) is 41.8 Å². The van der Waals surface area contributed by atoms with Crippen LogP contribution in [-0.2, 0) is 6.54 Å². The van der Waals surface area contributed by atoms with Gasteiger partial charge < -0.3 is 4.90 Å². The normalized spacial score (nSPS) is 15.1. The number of thiophene rings is 1. The van der Waals surface area contributed by atoms with E-state index in [1.807, 2.05) is 46.7 Å². The third kappa shape index (κ3) is 4.26. The first kappa shape index (κ1) is 17.9. The number of halogens is 1. The number of aromatic nitrogens is 4. The maximum absolute atomic E-state index is 12.3. The molecule has 140 valence electrons. The van der Waals surface area contributed by atoms with E-state index in [1.165, 1.54) is 11.3 Å². The standard InChI is InChI=1S/C17H18ClN7OS/c18-13-3-5-14(6-4-13)25-15(20-21-22-25)12-23-7-9-24(10-8-23)17(26)19-16-2-1-11-27-16/h1-6,11H,7-10,12H2,(H,19,26). The zero-order chi connectivity index (χ0) is 18.6. The molecule has 0 aliphatic carbocycles. The molecule has 0 spiro atoms. The van der Waals surface area contributed by atoms with Gasteiger partial charge in [-0.3, -0.25) is 10.2 Å². The summed E-state index contributed by atoms with van der Waals surface area (Å²) in [4.78, 5) is 16.4. The number of nitrogens with one attached hydrogen (secondary N) is 1. The minimum atomic E-state index is -0.0527. The summed E-state index contributed by atoms with van der Waals surface area (Å²) in [7, 11) is 0. The molecule has 3 aromatic rings. The van der Waals surface area contributed by atoms with Crippen LogP contribution in [0.4, 0.5) is 9.80 Å². The highest BCUT2D eigenvalue weighted by Crippen LogP contribution is 2.17. The van der Waals surface area contributed by atoms with E-state index in [0.29, 0.717) is 24.7 Å². The first-order valence-corrected chi connectivity index (χ1v) is 9.80. The molecule has 1 fully saturated rings. The highest BCUT2D eigenvalue weighted by molar-refractivity contribution is 7.14. The number of hydrogen-bond donors (Lipinski definition) is 1. The summed E-state index contributed by atoms with van der Waals surface area (Å²) in [6.45, 7) is 3.49. The van der Waals surface area contributed by atoms with Gasteiger partial charge in [-0.15, -0.1) is 16.4 Å². The fourth-order valence-corrected chi connectivity index (χ4v) is 3.66. The van der Waals surface area contributed by atoms with E-state index in [1.54, 1.807) is 4.68 Å². The Morgan fingerprint density at radius 2 is 1.93 bits per heavy atom. The maximum Gasteiger partial charge on any atom is 0.322 e. The molecule has 10 heteroatoms. The zero-order valence-corrected chi connectivity index (χ0v) is 16.0. The summed E-state index contributed by atoms with van der Waals surface area (Å²) in [6.07, 6.45) is 0. The minimum absolute atomic E-state index is 0.0527. The Morgan fingerprint density at radius 3 is 2.63 bits per heavy atom. The second kappa shape index (κ2) is 8.03. The Bertz CT molecular complexity index is 888. The third-order valence-electron chi connectivity index (χ3n) is 4.38. The Kier molecular flexibility index (Phi) is 5.33. The lowest BCUT2D eigenvalue weighted by Gasteiger charge is -2.34. The van der Waals surface area contributed by atoms with Crippen LogP contribution in [0.3, 0.4) is 0 Å². The molecular weight excluding hydrogens is 386 g/mol. The Morgan fingerprint density at radius 1 is 1.15 bits per heavy atom. The van der Waals surface area contributed by atoms with Crippen molar-refractivity contribution in [3.8, 4) is 5.69 Å². The smallest absolute Gasteiger partial charge is 0.322 e. The van der Waals surface area contributed by atoms with Gasteiger partial charge >= 0.3 is 6.03 Å². The van der Waals surface area contributed by atoms with E-state index in [2.05, 4.69) is 25.7 Å². The summed E-state index contributed by atoms with van der Waals surface area (Å²) in [5.41, 5.74) is 0.869. The molecule has 0 saturated carbocycles. The number of benzene rings is 1. The summed E-state index contributed by atoms with van der Waals surface area (Å²) >= 11 is 7.46. The predicted octanol–water partition coefficient (Wildman–Crippen LogP) is 2.73. The fraction of sp³-hybridized carbons (Fsp3) is 0.294. The highest BCUT2D eigenvalue weighted by Gasteiger charge is 2.23. The van der Waals surface area contributed by atoms with Crippen LogP contribution >= 0.6 is 22.9 Å². The molecule has 1 N–H and O–H groups in total. The zero-order valence-electron chi connectivity index (χ0n) is 14.5. The second-order valence-corrected chi connectivity index (χ2v) is 7.54. The molecule has 4 rings (SSSR count). The van der Waals surface area contributed by atoms with E-state index in [4.69, 9.17) is 11.6 Å². The molecule has 8 nitrogen and oxygen atoms in total. The van der Waals surface area contributed by atoms with Gasteiger partial charge in [0.25, 0.3) is 0 Å². The molecule has 27 heavy (non-hydrogen) atoms. The quantitative estimate of drug-likeness (QED) is 0.724. The molecule has 1 aliphatic heterocycles. The van der Waals surface area contributed by atoms with Crippen molar-refractivity contribution in [3.05, 3.63) is 52.6 Å². The Balaban J connectivity index is 1.34. The summed E-state index contributed by atoms with van der Waals surface area (Å²) in [6, 6.07) is 11.2. The van der Waals surface area contributed by atoms with Crippen molar-refractivity contribution in [2.75, 3.05) is 31.5 Å². The molecule has 1 aromatic carbocycles. The number of tetrazole rings is 1. The van der Waals surface area contributed by atoms with Crippen molar-refractivity contribution in [2.24, 2.45) is 0 Å². The molecule has 1 saturated heterocycles. The number of anilines is 1. The van der Waals surface area contributed by atoms with Crippen molar-refractivity contribution in [3.63, 3.8) is 0 Å². The van der Waals surface area contributed by atoms with Gasteiger partial charge in [-0.05, 0) is 52.2 Å². The molecule has 0 unspecified atom stereocenters. The van der Waals surface area contributed by atoms with Gasteiger partial charge in [-0.2, -0.15) is 4.68 Å². The van der Waals surface area contributed by atoms with Crippen LogP contribution in [0.25, 0.3) is 5.69 Å². The van der Waals surface area contributed by atoms with Gasteiger partial charge in [-0.25, -0.2) is 4.79 Å². The van der Waals surface area contributed by atoms with Gasteiger partial charge in [0.2, 0.25) is 0 Å². The summed E-state index contributed by atoms with van der Waals surface area (Å²) in [5.74, 6) is 0.758. The van der Waals surface area contributed by atoms with E-state index < -0.39 is 0 Å². The van der Waals surface area contributed by atoms with E-state index in [0.717, 1.165) is 29.6 Å². The van der Waals surface area contributed by atoms with Crippen molar-refractivity contribution < 1.29 is 4.79 Å². The van der Waals surface area contributed by atoms with Crippen LogP contribution in [0.2, 0.25) is 5.02 Å². The van der Waals surface area contributed by atoms with E-state index >= 15 is 0 Å². The lowest BCUT2D eigenvalue weighted by Crippen LogP contribution is -2.49. The monoisotopic (exact) mass is 403 g/mol. The summed E-state index contributed by atoms with van der Waals surface area (Å²) < 4.78 is 1.71. The first-order chi connectivity index (χ1) is 13.2. The van der Waals surface area contributed by atoms with Crippen LogP contribution in [-0.4, -0.2) is 62.2 Å². The fourth-order valence-electron chi connectivity index (χ4n) is 2.93. The lowest BCUT2D eigenvalue weighted by molar-refractivity contribution is 0.140. The van der Waals surface area contributed by atoms with Gasteiger partial charge in [0.05, 0.1) is 17.2 Å². The van der Waals surface area contributed by atoms with E-state index in [9.17, 15) is 4.79 Å². The largest absolute Gasteiger partial charge is 0.322 e. The number of amides is 2. The highest BCUT2D eigenvalue weighted by atomic mass is 35.5. The number of hydrogen-bond acceptors (Lipinski definition) is 6. The number of piperazine rings is 1. The third-order valence-corrected chi connectivity index (χ3v) is 5.42. The predicted molar refractivity (Wildman–Crippen MR) is 104 cm³/mol. The molecule has 0 bridgehead atoms. The molecule has 1 aliphatic rings. The van der Waals surface area contributed by atoms with Crippen molar-refractivity contribution in [1.82, 2.24) is 30.0 Å². The van der Waals surface area contributed by atoms with Crippen molar-refractivity contribution in [2.45, 2.75) is 6.54 Å². The van der Waals surface area contributed by atoms with Gasteiger partial charge in [0, 0.05) is 31.2 Å². The number of rotatable bonds is 4. The van der Waals surface area contributed by atoms with Crippen LogP contribution in [0.5, 0.6) is 0 Å². The first-order valence-electron chi connectivity index (χ1n) is 8.54. The number of carbonyl (C=O) groups excluding carboxylic acids is 1. The Labute approximate surface area is 165 Å².